The number of nitrogens with one attached hydrogen (secondary N) is 1. The van der Waals surface area contributed by atoms with Crippen LogP contribution in [0.25, 0.3) is 0 Å². The predicted molar refractivity (Wildman–Crippen MR) is 122 cm³/mol. The van der Waals surface area contributed by atoms with E-state index in [1.54, 1.807) is 37.8 Å². The van der Waals surface area contributed by atoms with Gasteiger partial charge in [-0.3, -0.25) is 9.48 Å². The summed E-state index contributed by atoms with van der Waals surface area (Å²) in [6, 6.07) is 14.7. The van der Waals surface area contributed by atoms with Gasteiger partial charge in [0, 0.05) is 26.2 Å². The van der Waals surface area contributed by atoms with Gasteiger partial charge in [0.05, 0.1) is 25.0 Å². The van der Waals surface area contributed by atoms with Crippen molar-refractivity contribution in [3.05, 3.63) is 76.6 Å². The second-order valence-electron chi connectivity index (χ2n) is 7.67. The van der Waals surface area contributed by atoms with Crippen LogP contribution in [0.15, 0.2) is 53.4 Å². The summed E-state index contributed by atoms with van der Waals surface area (Å²) < 4.78 is 33.1. The summed E-state index contributed by atoms with van der Waals surface area (Å²) in [5, 5.41) is 7.31. The Kier molecular flexibility index (Phi) is 7.00. The topological polar surface area (TPSA) is 93.5 Å². The Morgan fingerprint density at radius 2 is 1.62 bits per heavy atom. The molecule has 170 valence electrons. The molecule has 1 heterocycles. The molecule has 1 N–H and O–H groups in total. The Morgan fingerprint density at radius 1 is 1.03 bits per heavy atom. The molecule has 0 bridgehead atoms. The van der Waals surface area contributed by atoms with Crippen LogP contribution >= 0.6 is 0 Å². The zero-order chi connectivity index (χ0) is 23.5. The summed E-state index contributed by atoms with van der Waals surface area (Å²) in [4.78, 5) is 12.7. The first kappa shape index (κ1) is 23.5. The molecule has 0 aliphatic heterocycles. The Labute approximate surface area is 188 Å². The van der Waals surface area contributed by atoms with E-state index in [9.17, 15) is 13.2 Å². The van der Waals surface area contributed by atoms with Crippen LogP contribution in [0.1, 0.15) is 32.9 Å². The van der Waals surface area contributed by atoms with Crippen molar-refractivity contribution in [2.45, 2.75) is 31.8 Å². The molecular formula is C23H28N4O4S. The third kappa shape index (κ3) is 5.00. The van der Waals surface area contributed by atoms with Crippen LogP contribution in [0.5, 0.6) is 5.75 Å². The average Bonchev–Trinajstić information content (AvgIpc) is 3.06. The molecule has 0 unspecified atom stereocenters. The molecule has 0 atom stereocenters. The minimum atomic E-state index is -3.57. The van der Waals surface area contributed by atoms with Crippen LogP contribution in [-0.2, 0) is 23.1 Å². The van der Waals surface area contributed by atoms with E-state index < -0.39 is 10.0 Å². The van der Waals surface area contributed by atoms with Gasteiger partial charge in [0.2, 0.25) is 10.0 Å². The lowest BCUT2D eigenvalue weighted by atomic mass is 10.1. The minimum absolute atomic E-state index is 0.169. The number of nitrogens with zero attached hydrogens (tertiary/aromatic N) is 3. The standard InChI is InChI=1S/C23H28N4O4S/c1-16-22(32(29,30)26(3)4)17(2)27(25-16)15-19-6-10-20(11-7-19)23(28)24-14-18-8-12-21(31-5)13-9-18/h6-13H,14-15H2,1-5H3,(H,24,28). The van der Waals surface area contributed by atoms with Gasteiger partial charge in [-0.2, -0.15) is 5.10 Å². The van der Waals surface area contributed by atoms with Crippen molar-refractivity contribution >= 4 is 15.9 Å². The Bertz CT molecular complexity index is 1200. The Hall–Kier alpha value is -3.17. The number of aromatic nitrogens is 2. The van der Waals surface area contributed by atoms with Crippen molar-refractivity contribution in [1.29, 1.82) is 0 Å². The van der Waals surface area contributed by atoms with Crippen molar-refractivity contribution in [1.82, 2.24) is 19.4 Å². The second kappa shape index (κ2) is 9.54. The first-order valence-electron chi connectivity index (χ1n) is 10.1. The predicted octanol–water partition coefficient (Wildman–Crippen LogP) is 2.74. The smallest absolute Gasteiger partial charge is 0.251 e. The van der Waals surface area contributed by atoms with Gasteiger partial charge in [0.1, 0.15) is 10.6 Å². The third-order valence-electron chi connectivity index (χ3n) is 5.21. The lowest BCUT2D eigenvalue weighted by molar-refractivity contribution is 0.0951. The minimum Gasteiger partial charge on any atom is -0.497 e. The van der Waals surface area contributed by atoms with E-state index in [1.165, 1.54) is 18.4 Å². The molecular weight excluding hydrogens is 428 g/mol. The number of carbonyl (C=O) groups excluding carboxylic acids is 1. The highest BCUT2D eigenvalue weighted by Crippen LogP contribution is 2.22. The number of amides is 1. The number of carbonyl (C=O) groups is 1. The fraction of sp³-hybridized carbons (Fsp3) is 0.304. The first-order valence-corrected chi connectivity index (χ1v) is 11.5. The van der Waals surface area contributed by atoms with Gasteiger partial charge in [0.15, 0.2) is 0 Å². The van der Waals surface area contributed by atoms with E-state index in [0.29, 0.717) is 30.0 Å². The van der Waals surface area contributed by atoms with Crippen molar-refractivity contribution < 1.29 is 17.9 Å². The Morgan fingerprint density at radius 3 is 2.19 bits per heavy atom. The SMILES string of the molecule is COc1ccc(CNC(=O)c2ccc(Cn3nc(C)c(S(=O)(=O)N(C)C)c3C)cc2)cc1. The molecule has 0 saturated heterocycles. The molecule has 0 aliphatic rings. The maximum absolute atomic E-state index is 12.6. The van der Waals surface area contributed by atoms with E-state index in [1.807, 2.05) is 36.4 Å². The summed E-state index contributed by atoms with van der Waals surface area (Å²) in [6.45, 7) is 4.26. The third-order valence-corrected chi connectivity index (χ3v) is 7.28. The molecule has 1 aromatic heterocycles. The number of aryl methyl sites for hydroxylation is 1. The number of ether oxygens (including phenoxy) is 1. The highest BCUT2D eigenvalue weighted by Gasteiger charge is 2.26. The molecule has 1 amide bonds. The van der Waals surface area contributed by atoms with E-state index >= 15 is 0 Å². The summed E-state index contributed by atoms with van der Waals surface area (Å²) in [5.41, 5.74) is 3.48. The number of hydrogen-bond acceptors (Lipinski definition) is 5. The van der Waals surface area contributed by atoms with Crippen molar-refractivity contribution in [2.24, 2.45) is 0 Å². The van der Waals surface area contributed by atoms with Crippen LogP contribution in [0, 0.1) is 13.8 Å². The molecule has 0 fully saturated rings. The van der Waals surface area contributed by atoms with Crippen LogP contribution in [0.4, 0.5) is 0 Å². The summed E-state index contributed by atoms with van der Waals surface area (Å²) in [6.07, 6.45) is 0. The number of rotatable bonds is 8. The Balaban J connectivity index is 1.67. The maximum Gasteiger partial charge on any atom is 0.251 e. The van der Waals surface area contributed by atoms with Crippen molar-refractivity contribution in [2.75, 3.05) is 21.2 Å². The highest BCUT2D eigenvalue weighted by atomic mass is 32.2. The molecule has 32 heavy (non-hydrogen) atoms. The monoisotopic (exact) mass is 456 g/mol. The van der Waals surface area contributed by atoms with Gasteiger partial charge >= 0.3 is 0 Å². The fourth-order valence-corrected chi connectivity index (χ4v) is 4.61. The van der Waals surface area contributed by atoms with Gasteiger partial charge in [-0.25, -0.2) is 12.7 Å². The zero-order valence-corrected chi connectivity index (χ0v) is 19.7. The first-order chi connectivity index (χ1) is 15.1. The van der Waals surface area contributed by atoms with E-state index in [4.69, 9.17) is 4.74 Å². The molecule has 9 heteroatoms. The maximum atomic E-state index is 12.6. The van der Waals surface area contributed by atoms with Crippen LogP contribution < -0.4 is 10.1 Å². The molecule has 3 rings (SSSR count). The van der Waals surface area contributed by atoms with E-state index in [-0.39, 0.29) is 10.8 Å². The van der Waals surface area contributed by atoms with Crippen LogP contribution in [0.2, 0.25) is 0 Å². The molecule has 0 saturated carbocycles. The highest BCUT2D eigenvalue weighted by molar-refractivity contribution is 7.89. The van der Waals surface area contributed by atoms with Gasteiger partial charge in [0.25, 0.3) is 5.91 Å². The number of sulfonamides is 1. The van der Waals surface area contributed by atoms with E-state index in [0.717, 1.165) is 16.9 Å². The quantitative estimate of drug-likeness (QED) is 0.563. The zero-order valence-electron chi connectivity index (χ0n) is 18.9. The lowest BCUT2D eigenvalue weighted by Gasteiger charge is -2.12. The van der Waals surface area contributed by atoms with Crippen LogP contribution in [0.3, 0.4) is 0 Å². The lowest BCUT2D eigenvalue weighted by Crippen LogP contribution is -2.23. The van der Waals surface area contributed by atoms with Crippen molar-refractivity contribution in [3.8, 4) is 5.75 Å². The number of hydrogen-bond donors (Lipinski definition) is 1. The van der Waals surface area contributed by atoms with Crippen molar-refractivity contribution in [3.63, 3.8) is 0 Å². The molecule has 8 nitrogen and oxygen atoms in total. The molecule has 0 aliphatic carbocycles. The van der Waals surface area contributed by atoms with Gasteiger partial charge in [-0.15, -0.1) is 0 Å². The second-order valence-corrected chi connectivity index (χ2v) is 9.76. The van der Waals surface area contributed by atoms with Crippen LogP contribution in [-0.4, -0.2) is 49.6 Å². The van der Waals surface area contributed by atoms with Gasteiger partial charge in [-0.05, 0) is 49.2 Å². The molecule has 0 spiro atoms. The number of methoxy groups -OCH3 is 1. The summed E-state index contributed by atoms with van der Waals surface area (Å²) in [5.74, 6) is 0.600. The van der Waals surface area contributed by atoms with Gasteiger partial charge < -0.3 is 10.1 Å². The fourth-order valence-electron chi connectivity index (χ4n) is 3.35. The van der Waals surface area contributed by atoms with Gasteiger partial charge in [-0.1, -0.05) is 24.3 Å². The normalized spacial score (nSPS) is 11.6. The molecule has 2 aromatic carbocycles. The molecule has 0 radical (unpaired) electrons. The van der Waals surface area contributed by atoms with E-state index in [2.05, 4.69) is 10.4 Å². The largest absolute Gasteiger partial charge is 0.497 e. The summed E-state index contributed by atoms with van der Waals surface area (Å²) in [7, 11) is 1.05. The summed E-state index contributed by atoms with van der Waals surface area (Å²) >= 11 is 0. The molecule has 3 aromatic rings. The average molecular weight is 457 g/mol. The number of benzene rings is 2.